The first kappa shape index (κ1) is 11.0. The number of nitrogens with one attached hydrogen (secondary N) is 1. The molecule has 0 radical (unpaired) electrons. The first-order valence-corrected chi connectivity index (χ1v) is 6.07. The van der Waals surface area contributed by atoms with Crippen molar-refractivity contribution < 1.29 is 13.2 Å². The predicted molar refractivity (Wildman–Crippen MR) is 50.0 cm³/mol. The molecule has 0 spiro atoms. The summed E-state index contributed by atoms with van der Waals surface area (Å²) in [6, 6.07) is 1.72. The normalized spacial score (nSPS) is 29.4. The highest BCUT2D eigenvalue weighted by molar-refractivity contribution is 7.91. The Morgan fingerprint density at radius 3 is 2.71 bits per heavy atom. The van der Waals surface area contributed by atoms with Crippen molar-refractivity contribution in [3.05, 3.63) is 0 Å². The molecule has 0 bridgehead atoms. The summed E-state index contributed by atoms with van der Waals surface area (Å²) in [5.41, 5.74) is -0.688. The number of hydrogen-bond acceptors (Lipinski definition) is 4. The van der Waals surface area contributed by atoms with E-state index in [0.717, 1.165) is 0 Å². The van der Waals surface area contributed by atoms with Gasteiger partial charge in [0.25, 0.3) is 0 Å². The molecule has 5 nitrogen and oxygen atoms in total. The fraction of sp³-hybridized carbons (Fsp3) is 0.750. The second-order valence-corrected chi connectivity index (χ2v) is 5.97. The van der Waals surface area contributed by atoms with E-state index in [1.165, 1.54) is 0 Å². The molecule has 1 aliphatic rings. The maximum atomic E-state index is 11.2. The van der Waals surface area contributed by atoms with Gasteiger partial charge in [-0.15, -0.1) is 0 Å². The zero-order valence-electron chi connectivity index (χ0n) is 7.91. The van der Waals surface area contributed by atoms with Crippen molar-refractivity contribution in [2.75, 3.05) is 11.5 Å². The van der Waals surface area contributed by atoms with E-state index >= 15 is 0 Å². The van der Waals surface area contributed by atoms with Gasteiger partial charge in [0.15, 0.2) is 9.84 Å². The Morgan fingerprint density at radius 2 is 2.29 bits per heavy atom. The standard InChI is InChI=1S/C8H12N2O3S/c1-8(10-7(11)2-4-9)3-5-14(12,13)6-8/h2-3,5-6H2,1H3,(H,10,11). The number of nitriles is 1. The van der Waals surface area contributed by atoms with Crippen molar-refractivity contribution in [3.8, 4) is 6.07 Å². The third-order valence-electron chi connectivity index (χ3n) is 2.18. The van der Waals surface area contributed by atoms with Crippen molar-refractivity contribution in [1.29, 1.82) is 5.26 Å². The van der Waals surface area contributed by atoms with Crippen LogP contribution in [-0.2, 0) is 14.6 Å². The van der Waals surface area contributed by atoms with E-state index in [9.17, 15) is 13.2 Å². The van der Waals surface area contributed by atoms with Crippen LogP contribution in [0.3, 0.4) is 0 Å². The molecule has 0 aliphatic carbocycles. The zero-order chi connectivity index (χ0) is 10.8. The lowest BCUT2D eigenvalue weighted by atomic mass is 10.0. The minimum Gasteiger partial charge on any atom is -0.349 e. The molecule has 1 saturated heterocycles. The molecule has 0 aromatic heterocycles. The van der Waals surface area contributed by atoms with Gasteiger partial charge >= 0.3 is 0 Å². The molecule has 1 rings (SSSR count). The van der Waals surface area contributed by atoms with E-state index in [1.54, 1.807) is 13.0 Å². The second kappa shape index (κ2) is 3.58. The number of carbonyl (C=O) groups is 1. The highest BCUT2D eigenvalue weighted by Gasteiger charge is 2.39. The summed E-state index contributed by atoms with van der Waals surface area (Å²) in [6.45, 7) is 1.69. The van der Waals surface area contributed by atoms with E-state index in [0.29, 0.717) is 6.42 Å². The molecule has 0 aromatic carbocycles. The average molecular weight is 216 g/mol. The molecule has 6 heteroatoms. The maximum absolute atomic E-state index is 11.2. The average Bonchev–Trinajstić information content (AvgIpc) is 2.25. The highest BCUT2D eigenvalue weighted by atomic mass is 32.2. The third kappa shape index (κ3) is 2.70. The van der Waals surface area contributed by atoms with Crippen molar-refractivity contribution in [2.45, 2.75) is 25.3 Å². The van der Waals surface area contributed by atoms with Gasteiger partial charge in [-0.25, -0.2) is 8.42 Å². The fourth-order valence-corrected chi connectivity index (χ4v) is 3.65. The van der Waals surface area contributed by atoms with Crippen LogP contribution in [0.1, 0.15) is 19.8 Å². The lowest BCUT2D eigenvalue weighted by molar-refractivity contribution is -0.121. The van der Waals surface area contributed by atoms with E-state index in [-0.39, 0.29) is 17.9 Å². The van der Waals surface area contributed by atoms with Crippen LogP contribution in [0.2, 0.25) is 0 Å². The van der Waals surface area contributed by atoms with Crippen LogP contribution in [0.25, 0.3) is 0 Å². The largest absolute Gasteiger partial charge is 0.349 e. The summed E-state index contributed by atoms with van der Waals surface area (Å²) in [4.78, 5) is 11.1. The van der Waals surface area contributed by atoms with Crippen LogP contribution in [-0.4, -0.2) is 31.4 Å². The lowest BCUT2D eigenvalue weighted by Gasteiger charge is -2.22. The number of hydrogen-bond donors (Lipinski definition) is 1. The molecule has 1 heterocycles. The van der Waals surface area contributed by atoms with Gasteiger partial charge in [-0.3, -0.25) is 4.79 Å². The van der Waals surface area contributed by atoms with E-state index < -0.39 is 21.3 Å². The molecule has 14 heavy (non-hydrogen) atoms. The molecule has 1 unspecified atom stereocenters. The molecule has 1 aliphatic heterocycles. The summed E-state index contributed by atoms with van der Waals surface area (Å²) in [5.74, 6) is -0.333. The number of amides is 1. The molecular formula is C8H12N2O3S. The summed E-state index contributed by atoms with van der Waals surface area (Å²) >= 11 is 0. The lowest BCUT2D eigenvalue weighted by Crippen LogP contribution is -2.46. The van der Waals surface area contributed by atoms with Gasteiger partial charge in [0, 0.05) is 0 Å². The minimum absolute atomic E-state index is 0.0306. The van der Waals surface area contributed by atoms with E-state index in [4.69, 9.17) is 5.26 Å². The van der Waals surface area contributed by atoms with Gasteiger partial charge in [-0.05, 0) is 13.3 Å². The third-order valence-corrected chi connectivity index (χ3v) is 4.09. The van der Waals surface area contributed by atoms with Crippen molar-refractivity contribution >= 4 is 15.7 Å². The molecule has 1 fully saturated rings. The summed E-state index contributed by atoms with van der Waals surface area (Å²) < 4.78 is 22.3. The zero-order valence-corrected chi connectivity index (χ0v) is 8.73. The summed E-state index contributed by atoms with van der Waals surface area (Å²) in [6.07, 6.45) is 0.197. The predicted octanol–water partition coefficient (Wildman–Crippen LogP) is -0.407. The van der Waals surface area contributed by atoms with Crippen LogP contribution < -0.4 is 5.32 Å². The van der Waals surface area contributed by atoms with Crippen molar-refractivity contribution in [1.82, 2.24) is 5.32 Å². The molecule has 1 atom stereocenters. The Hall–Kier alpha value is -1.09. The molecule has 1 amide bonds. The molecule has 0 aromatic rings. The topological polar surface area (TPSA) is 87.0 Å². The number of sulfone groups is 1. The first-order chi connectivity index (χ1) is 6.37. The van der Waals surface area contributed by atoms with Crippen LogP contribution in [0, 0.1) is 11.3 Å². The number of nitrogens with zero attached hydrogens (tertiary/aromatic N) is 1. The van der Waals surface area contributed by atoms with Gasteiger partial charge in [0.2, 0.25) is 5.91 Å². The van der Waals surface area contributed by atoms with Gasteiger partial charge in [0.05, 0.1) is 23.1 Å². The SMILES string of the molecule is CC1(NC(=O)CC#N)CCS(=O)(=O)C1. The van der Waals surface area contributed by atoms with E-state index in [2.05, 4.69) is 5.32 Å². The van der Waals surface area contributed by atoms with Gasteiger partial charge in [0.1, 0.15) is 6.42 Å². The fourth-order valence-electron chi connectivity index (χ4n) is 1.56. The second-order valence-electron chi connectivity index (χ2n) is 3.79. The van der Waals surface area contributed by atoms with Crippen molar-refractivity contribution in [3.63, 3.8) is 0 Å². The number of rotatable bonds is 2. The van der Waals surface area contributed by atoms with Crippen molar-refractivity contribution in [2.24, 2.45) is 0 Å². The van der Waals surface area contributed by atoms with Crippen LogP contribution in [0.4, 0.5) is 0 Å². The molecule has 0 saturated carbocycles. The van der Waals surface area contributed by atoms with Gasteiger partial charge < -0.3 is 5.32 Å². The molecule has 78 valence electrons. The molecule has 1 N–H and O–H groups in total. The van der Waals surface area contributed by atoms with E-state index in [1.807, 2.05) is 0 Å². The Labute approximate surface area is 83.0 Å². The van der Waals surface area contributed by atoms with Crippen LogP contribution >= 0.6 is 0 Å². The number of carbonyl (C=O) groups excluding carboxylic acids is 1. The highest BCUT2D eigenvalue weighted by Crippen LogP contribution is 2.22. The first-order valence-electron chi connectivity index (χ1n) is 4.25. The van der Waals surface area contributed by atoms with Crippen LogP contribution in [0.15, 0.2) is 0 Å². The summed E-state index contributed by atoms with van der Waals surface area (Å²) in [7, 11) is -3.01. The quantitative estimate of drug-likeness (QED) is 0.680. The monoisotopic (exact) mass is 216 g/mol. The van der Waals surface area contributed by atoms with Gasteiger partial charge in [-0.2, -0.15) is 5.26 Å². The Balaban J connectivity index is 2.62. The van der Waals surface area contributed by atoms with Gasteiger partial charge in [-0.1, -0.05) is 0 Å². The maximum Gasteiger partial charge on any atom is 0.234 e. The Morgan fingerprint density at radius 1 is 1.64 bits per heavy atom. The summed E-state index contributed by atoms with van der Waals surface area (Å²) in [5, 5.41) is 10.8. The smallest absolute Gasteiger partial charge is 0.234 e. The Bertz CT molecular complexity index is 382. The molecular weight excluding hydrogens is 204 g/mol. The van der Waals surface area contributed by atoms with Crippen LogP contribution in [0.5, 0.6) is 0 Å². The Kier molecular flexibility index (Phi) is 2.81. The minimum atomic E-state index is -3.01.